The van der Waals surface area contributed by atoms with Gasteiger partial charge in [-0.3, -0.25) is 14.8 Å². The summed E-state index contributed by atoms with van der Waals surface area (Å²) in [5, 5.41) is 0. The van der Waals surface area contributed by atoms with E-state index >= 15 is 0 Å². The molecular weight excluding hydrogens is 384 g/mol. The van der Waals surface area contributed by atoms with Gasteiger partial charge in [-0.15, -0.1) is 0 Å². The van der Waals surface area contributed by atoms with E-state index in [0.29, 0.717) is 0 Å². The van der Waals surface area contributed by atoms with Crippen LogP contribution in [-0.4, -0.2) is 45.9 Å². The molecule has 0 spiro atoms. The summed E-state index contributed by atoms with van der Waals surface area (Å²) in [7, 11) is 0. The van der Waals surface area contributed by atoms with Crippen LogP contribution in [0.15, 0.2) is 89.5 Å². The zero-order valence-electron chi connectivity index (χ0n) is 17.5. The molecule has 4 aromatic rings. The maximum absolute atomic E-state index is 6.30. The Morgan fingerprint density at radius 3 is 1.94 bits per heavy atom. The summed E-state index contributed by atoms with van der Waals surface area (Å²) in [6.45, 7) is 5.67. The number of oxazole rings is 1. The summed E-state index contributed by atoms with van der Waals surface area (Å²) in [6, 6.07) is 26.6. The molecule has 3 heterocycles. The second-order valence-corrected chi connectivity index (χ2v) is 7.89. The lowest BCUT2D eigenvalue weighted by molar-refractivity contribution is 0.114. The van der Waals surface area contributed by atoms with Crippen LogP contribution in [0.4, 0.5) is 0 Å². The van der Waals surface area contributed by atoms with Gasteiger partial charge in [0.1, 0.15) is 5.69 Å². The summed E-state index contributed by atoms with van der Waals surface area (Å²) in [6.07, 6.45) is 1.86. The van der Waals surface area contributed by atoms with E-state index in [1.807, 2.05) is 48.7 Å². The predicted octanol–water partition coefficient (Wildman–Crippen LogP) is 4.72. The average Bonchev–Trinajstić information content (AvgIpc) is 3.26. The molecule has 5 nitrogen and oxygen atoms in total. The molecule has 0 radical (unpaired) electrons. The molecule has 0 saturated carbocycles. The van der Waals surface area contributed by atoms with Crippen LogP contribution in [0, 0.1) is 0 Å². The third kappa shape index (κ3) is 4.74. The molecule has 31 heavy (non-hydrogen) atoms. The van der Waals surface area contributed by atoms with E-state index in [1.165, 1.54) is 0 Å². The molecule has 2 aromatic carbocycles. The highest BCUT2D eigenvalue weighted by Gasteiger charge is 2.22. The fraction of sp³-hybridized carbons (Fsp3) is 0.231. The summed E-state index contributed by atoms with van der Waals surface area (Å²) in [5.74, 6) is 1.62. The van der Waals surface area contributed by atoms with Crippen molar-refractivity contribution in [1.82, 2.24) is 19.8 Å². The number of aromatic nitrogens is 2. The van der Waals surface area contributed by atoms with E-state index in [-0.39, 0.29) is 0 Å². The number of rotatable bonds is 6. The Balaban J connectivity index is 1.29. The third-order valence-electron chi connectivity index (χ3n) is 5.69. The van der Waals surface area contributed by atoms with Crippen LogP contribution in [0.3, 0.4) is 0 Å². The van der Waals surface area contributed by atoms with Crippen LogP contribution in [0.5, 0.6) is 0 Å². The van der Waals surface area contributed by atoms with Gasteiger partial charge in [0.25, 0.3) is 0 Å². The minimum Gasteiger partial charge on any atom is -0.439 e. The molecule has 1 aliphatic heterocycles. The third-order valence-corrected chi connectivity index (χ3v) is 5.69. The van der Waals surface area contributed by atoms with Crippen LogP contribution in [-0.2, 0) is 13.1 Å². The molecule has 5 heteroatoms. The Kier molecular flexibility index (Phi) is 5.87. The minimum atomic E-state index is 0.726. The number of hydrogen-bond donors (Lipinski definition) is 0. The molecule has 156 valence electrons. The predicted molar refractivity (Wildman–Crippen MR) is 122 cm³/mol. The van der Waals surface area contributed by atoms with Crippen molar-refractivity contribution in [2.24, 2.45) is 0 Å². The first-order chi connectivity index (χ1) is 15.3. The van der Waals surface area contributed by atoms with Crippen LogP contribution in [0.2, 0.25) is 0 Å². The van der Waals surface area contributed by atoms with Gasteiger partial charge >= 0.3 is 0 Å². The summed E-state index contributed by atoms with van der Waals surface area (Å²) < 4.78 is 6.30. The summed E-state index contributed by atoms with van der Waals surface area (Å²) in [4.78, 5) is 14.2. The molecule has 0 atom stereocenters. The number of pyridine rings is 1. The lowest BCUT2D eigenvalue weighted by atomic mass is 10.1. The Morgan fingerprint density at radius 2 is 1.29 bits per heavy atom. The van der Waals surface area contributed by atoms with E-state index < -0.39 is 0 Å². The molecule has 0 N–H and O–H groups in total. The van der Waals surface area contributed by atoms with Crippen LogP contribution < -0.4 is 0 Å². The lowest BCUT2D eigenvalue weighted by Gasteiger charge is -2.33. The molecule has 0 bridgehead atoms. The summed E-state index contributed by atoms with van der Waals surface area (Å²) >= 11 is 0. The maximum atomic E-state index is 6.30. The van der Waals surface area contributed by atoms with Gasteiger partial charge in [-0.2, -0.15) is 0 Å². The average molecular weight is 411 g/mol. The van der Waals surface area contributed by atoms with E-state index in [9.17, 15) is 0 Å². The minimum absolute atomic E-state index is 0.726. The van der Waals surface area contributed by atoms with Crippen molar-refractivity contribution in [2.45, 2.75) is 13.1 Å². The van der Waals surface area contributed by atoms with Gasteiger partial charge < -0.3 is 4.42 Å². The first-order valence-corrected chi connectivity index (χ1v) is 10.8. The first kappa shape index (κ1) is 19.7. The van der Waals surface area contributed by atoms with Gasteiger partial charge in [0.05, 0.1) is 12.2 Å². The molecule has 1 aliphatic rings. The highest BCUT2D eigenvalue weighted by Crippen LogP contribution is 2.33. The Morgan fingerprint density at radius 1 is 0.677 bits per heavy atom. The first-order valence-electron chi connectivity index (χ1n) is 10.8. The van der Waals surface area contributed by atoms with Gasteiger partial charge in [-0.25, -0.2) is 4.98 Å². The Bertz CT molecular complexity index is 1030. The van der Waals surface area contributed by atoms with Crippen molar-refractivity contribution in [3.8, 4) is 22.6 Å². The van der Waals surface area contributed by atoms with Crippen molar-refractivity contribution >= 4 is 0 Å². The van der Waals surface area contributed by atoms with Crippen molar-refractivity contribution in [3.05, 3.63) is 96.6 Å². The molecule has 5 rings (SSSR count). The molecule has 0 amide bonds. The molecule has 2 aromatic heterocycles. The number of hydrogen-bond acceptors (Lipinski definition) is 5. The van der Waals surface area contributed by atoms with Crippen LogP contribution in [0.25, 0.3) is 22.6 Å². The molecular formula is C26H26N4O. The quantitative estimate of drug-likeness (QED) is 0.460. The fourth-order valence-electron chi connectivity index (χ4n) is 4.03. The van der Waals surface area contributed by atoms with E-state index in [0.717, 1.165) is 73.4 Å². The molecule has 1 fully saturated rings. The van der Waals surface area contributed by atoms with Crippen molar-refractivity contribution < 1.29 is 4.42 Å². The van der Waals surface area contributed by atoms with Crippen LogP contribution in [0.1, 0.15) is 11.6 Å². The fourth-order valence-corrected chi connectivity index (χ4v) is 4.03. The number of nitrogens with zero attached hydrogens (tertiary/aromatic N) is 4. The monoisotopic (exact) mass is 410 g/mol. The highest BCUT2D eigenvalue weighted by molar-refractivity contribution is 5.76. The van der Waals surface area contributed by atoms with E-state index in [1.54, 1.807) is 0 Å². The highest BCUT2D eigenvalue weighted by atomic mass is 16.4. The number of benzene rings is 2. The van der Waals surface area contributed by atoms with E-state index in [2.05, 4.69) is 51.2 Å². The van der Waals surface area contributed by atoms with Gasteiger partial charge in [-0.05, 0) is 12.1 Å². The Labute approximate surface area is 183 Å². The lowest BCUT2D eigenvalue weighted by Crippen LogP contribution is -2.45. The Hall–Kier alpha value is -3.28. The smallest absolute Gasteiger partial charge is 0.209 e. The topological polar surface area (TPSA) is 45.4 Å². The normalized spacial score (nSPS) is 15.2. The van der Waals surface area contributed by atoms with Crippen molar-refractivity contribution in [2.75, 3.05) is 26.2 Å². The van der Waals surface area contributed by atoms with Gasteiger partial charge in [-0.1, -0.05) is 66.7 Å². The largest absolute Gasteiger partial charge is 0.439 e. The number of piperazine rings is 1. The van der Waals surface area contributed by atoms with E-state index in [4.69, 9.17) is 9.40 Å². The molecule has 1 saturated heterocycles. The second kappa shape index (κ2) is 9.25. The van der Waals surface area contributed by atoms with Crippen molar-refractivity contribution in [1.29, 1.82) is 0 Å². The summed E-state index contributed by atoms with van der Waals surface area (Å²) in [5.41, 5.74) is 4.18. The van der Waals surface area contributed by atoms with Gasteiger partial charge in [0.15, 0.2) is 5.76 Å². The zero-order chi connectivity index (χ0) is 20.9. The molecule has 0 unspecified atom stereocenters. The molecule has 0 aliphatic carbocycles. The van der Waals surface area contributed by atoms with Gasteiger partial charge in [0, 0.05) is 50.0 Å². The second-order valence-electron chi connectivity index (χ2n) is 7.89. The maximum Gasteiger partial charge on any atom is 0.209 e. The zero-order valence-corrected chi connectivity index (χ0v) is 17.5. The van der Waals surface area contributed by atoms with Crippen molar-refractivity contribution in [3.63, 3.8) is 0 Å². The standard InChI is InChI=1S/C26H26N4O/c1-3-9-21(10-4-1)25-26(22-11-5-2-6-12-22)31-24(28-25)20-30-17-15-29(16-18-30)19-23-13-7-8-14-27-23/h1-14H,15-20H2. The SMILES string of the molecule is c1ccc(-c2nc(CN3CCN(Cc4ccccn4)CC3)oc2-c2ccccc2)cc1. The van der Waals surface area contributed by atoms with Gasteiger partial charge in [0.2, 0.25) is 5.89 Å². The van der Waals surface area contributed by atoms with Crippen LogP contribution >= 0.6 is 0 Å².